The van der Waals surface area contributed by atoms with E-state index in [4.69, 9.17) is 4.42 Å². The molecule has 0 unspecified atom stereocenters. The van der Waals surface area contributed by atoms with Gasteiger partial charge in [-0.3, -0.25) is 0 Å². The van der Waals surface area contributed by atoms with E-state index in [-0.39, 0.29) is 0 Å². The third-order valence-corrected chi connectivity index (χ3v) is 3.80. The van der Waals surface area contributed by atoms with Gasteiger partial charge in [-0.25, -0.2) is 0 Å². The van der Waals surface area contributed by atoms with Gasteiger partial charge in [0.25, 0.3) is 5.89 Å². The first kappa shape index (κ1) is 11.4. The van der Waals surface area contributed by atoms with Gasteiger partial charge in [0.2, 0.25) is 5.89 Å². The Morgan fingerprint density at radius 3 is 3.00 bits per heavy atom. The molecule has 18 heavy (non-hydrogen) atoms. The number of fused-ring (bicyclic) bond motifs is 1. The van der Waals surface area contributed by atoms with Gasteiger partial charge in [-0.1, -0.05) is 18.2 Å². The molecule has 0 atom stereocenters. The smallest absolute Gasteiger partial charge is 0.257 e. The van der Waals surface area contributed by atoms with Crippen LogP contribution in [0.15, 0.2) is 34.7 Å². The molecule has 0 aliphatic rings. The second-order valence-electron chi connectivity index (χ2n) is 4.00. The van der Waals surface area contributed by atoms with Gasteiger partial charge in [0.1, 0.15) is 0 Å². The van der Waals surface area contributed by atoms with Gasteiger partial charge in [-0.15, -0.1) is 21.5 Å². The molecule has 5 heteroatoms. The van der Waals surface area contributed by atoms with Crippen LogP contribution in [0.1, 0.15) is 5.89 Å². The zero-order valence-electron chi connectivity index (χ0n) is 10.0. The first-order valence-electron chi connectivity index (χ1n) is 5.83. The topological polar surface area (TPSA) is 51.0 Å². The average molecular weight is 259 g/mol. The molecule has 0 radical (unpaired) electrons. The Balaban J connectivity index is 1.91. The molecule has 0 aliphatic heterocycles. The van der Waals surface area contributed by atoms with Crippen LogP contribution in [0.25, 0.3) is 20.9 Å². The van der Waals surface area contributed by atoms with E-state index in [1.807, 2.05) is 19.2 Å². The minimum absolute atomic E-state index is 0.613. The lowest BCUT2D eigenvalue weighted by atomic mass is 10.2. The lowest BCUT2D eigenvalue weighted by Gasteiger charge is -1.91. The van der Waals surface area contributed by atoms with Crippen LogP contribution < -0.4 is 5.32 Å². The van der Waals surface area contributed by atoms with Gasteiger partial charge < -0.3 is 9.73 Å². The Labute approximate surface area is 109 Å². The number of thiophene rings is 1. The van der Waals surface area contributed by atoms with Gasteiger partial charge in [0.05, 0.1) is 4.88 Å². The van der Waals surface area contributed by atoms with Crippen molar-refractivity contribution in [1.82, 2.24) is 15.5 Å². The highest BCUT2D eigenvalue weighted by Gasteiger charge is 2.11. The van der Waals surface area contributed by atoms with E-state index in [1.54, 1.807) is 11.3 Å². The summed E-state index contributed by atoms with van der Waals surface area (Å²) < 4.78 is 6.89. The maximum atomic E-state index is 5.65. The number of rotatable bonds is 4. The third-order valence-electron chi connectivity index (χ3n) is 2.69. The van der Waals surface area contributed by atoms with Crippen LogP contribution in [0.2, 0.25) is 0 Å². The van der Waals surface area contributed by atoms with Crippen molar-refractivity contribution >= 4 is 21.4 Å². The summed E-state index contributed by atoms with van der Waals surface area (Å²) in [6.45, 7) is 0.841. The Morgan fingerprint density at radius 2 is 2.17 bits per heavy atom. The van der Waals surface area contributed by atoms with Crippen LogP contribution in [-0.4, -0.2) is 23.8 Å². The average Bonchev–Trinajstić information content (AvgIpc) is 3.02. The van der Waals surface area contributed by atoms with Crippen molar-refractivity contribution in [3.8, 4) is 10.8 Å². The van der Waals surface area contributed by atoms with Crippen LogP contribution in [0.5, 0.6) is 0 Å². The maximum Gasteiger partial charge on any atom is 0.257 e. The first-order chi connectivity index (χ1) is 8.86. The number of hydrogen-bond donors (Lipinski definition) is 1. The largest absolute Gasteiger partial charge is 0.420 e. The van der Waals surface area contributed by atoms with Crippen LogP contribution in [0.3, 0.4) is 0 Å². The van der Waals surface area contributed by atoms with Gasteiger partial charge in [-0.05, 0) is 24.6 Å². The molecule has 0 aliphatic carbocycles. The molecule has 3 rings (SSSR count). The van der Waals surface area contributed by atoms with Crippen molar-refractivity contribution in [2.45, 2.75) is 6.42 Å². The number of hydrogen-bond acceptors (Lipinski definition) is 5. The van der Waals surface area contributed by atoms with E-state index >= 15 is 0 Å². The van der Waals surface area contributed by atoms with E-state index in [1.165, 1.54) is 10.1 Å². The predicted molar refractivity (Wildman–Crippen MR) is 72.7 cm³/mol. The van der Waals surface area contributed by atoms with Crippen molar-refractivity contribution in [3.63, 3.8) is 0 Å². The normalized spacial score (nSPS) is 11.2. The van der Waals surface area contributed by atoms with Crippen LogP contribution >= 0.6 is 11.3 Å². The summed E-state index contributed by atoms with van der Waals surface area (Å²) in [4.78, 5) is 1.03. The Morgan fingerprint density at radius 1 is 1.28 bits per heavy atom. The molecular weight excluding hydrogens is 246 g/mol. The van der Waals surface area contributed by atoms with E-state index in [2.05, 4.69) is 33.7 Å². The molecule has 0 saturated heterocycles. The minimum atomic E-state index is 0.613. The second-order valence-corrected chi connectivity index (χ2v) is 5.09. The summed E-state index contributed by atoms with van der Waals surface area (Å²) in [6, 6.07) is 10.4. The monoisotopic (exact) mass is 259 g/mol. The summed E-state index contributed by atoms with van der Waals surface area (Å²) in [7, 11) is 1.91. The lowest BCUT2D eigenvalue weighted by Crippen LogP contribution is -2.10. The molecule has 0 amide bonds. The fourth-order valence-electron chi connectivity index (χ4n) is 1.77. The molecule has 2 aromatic heterocycles. The summed E-state index contributed by atoms with van der Waals surface area (Å²) in [5, 5.41) is 12.4. The molecular formula is C13H13N3OS. The summed E-state index contributed by atoms with van der Waals surface area (Å²) in [5.74, 6) is 1.29. The van der Waals surface area contributed by atoms with Crippen molar-refractivity contribution in [2.24, 2.45) is 0 Å². The fraction of sp³-hybridized carbons (Fsp3) is 0.231. The quantitative estimate of drug-likeness (QED) is 0.782. The third kappa shape index (κ3) is 2.14. The number of aromatic nitrogens is 2. The number of nitrogens with zero attached hydrogens (tertiary/aromatic N) is 2. The van der Waals surface area contributed by atoms with E-state index < -0.39 is 0 Å². The SMILES string of the molecule is CNCCc1nnc(-c2cc3ccccc3s2)o1. The van der Waals surface area contributed by atoms with Crippen molar-refractivity contribution < 1.29 is 4.42 Å². The molecule has 92 valence electrons. The van der Waals surface area contributed by atoms with E-state index in [0.29, 0.717) is 11.8 Å². The van der Waals surface area contributed by atoms with Crippen LogP contribution in [0, 0.1) is 0 Å². The zero-order chi connectivity index (χ0) is 12.4. The molecule has 0 fully saturated rings. The van der Waals surface area contributed by atoms with Gasteiger partial charge >= 0.3 is 0 Å². The highest BCUT2D eigenvalue weighted by Crippen LogP contribution is 2.32. The lowest BCUT2D eigenvalue weighted by molar-refractivity contribution is 0.501. The zero-order valence-corrected chi connectivity index (χ0v) is 10.8. The van der Waals surface area contributed by atoms with E-state index in [0.717, 1.165) is 17.8 Å². The van der Waals surface area contributed by atoms with E-state index in [9.17, 15) is 0 Å². The Hall–Kier alpha value is -1.72. The molecule has 4 nitrogen and oxygen atoms in total. The first-order valence-corrected chi connectivity index (χ1v) is 6.64. The van der Waals surface area contributed by atoms with Crippen LogP contribution in [-0.2, 0) is 6.42 Å². The summed E-state index contributed by atoms with van der Waals surface area (Å²) >= 11 is 1.68. The van der Waals surface area contributed by atoms with Crippen molar-refractivity contribution in [3.05, 3.63) is 36.2 Å². The predicted octanol–water partition coefficient (Wildman–Crippen LogP) is 2.71. The highest BCUT2D eigenvalue weighted by atomic mass is 32.1. The molecule has 0 bridgehead atoms. The molecule has 0 saturated carbocycles. The minimum Gasteiger partial charge on any atom is -0.420 e. The fourth-order valence-corrected chi connectivity index (χ4v) is 2.76. The van der Waals surface area contributed by atoms with Crippen molar-refractivity contribution in [1.29, 1.82) is 0 Å². The van der Waals surface area contributed by atoms with Gasteiger partial charge in [0.15, 0.2) is 0 Å². The van der Waals surface area contributed by atoms with Crippen molar-refractivity contribution in [2.75, 3.05) is 13.6 Å². The molecule has 3 aromatic rings. The molecule has 0 spiro atoms. The molecule has 1 N–H and O–H groups in total. The number of benzene rings is 1. The second kappa shape index (κ2) is 4.88. The summed E-state index contributed by atoms with van der Waals surface area (Å²) in [5.41, 5.74) is 0. The Kier molecular flexibility index (Phi) is 3.08. The molecule has 1 aromatic carbocycles. The summed E-state index contributed by atoms with van der Waals surface area (Å²) in [6.07, 6.45) is 0.758. The standard InChI is InChI=1S/C13H13N3OS/c1-14-7-6-12-15-16-13(17-12)11-8-9-4-2-3-5-10(9)18-11/h2-5,8,14H,6-7H2,1H3. The number of likely N-dealkylation sites (N-methyl/N-ethyl adjacent to an activating group) is 1. The highest BCUT2D eigenvalue weighted by molar-refractivity contribution is 7.22. The number of nitrogens with one attached hydrogen (secondary N) is 1. The maximum absolute atomic E-state index is 5.65. The van der Waals surface area contributed by atoms with Crippen LogP contribution in [0.4, 0.5) is 0 Å². The van der Waals surface area contributed by atoms with Gasteiger partial charge in [-0.2, -0.15) is 0 Å². The Bertz CT molecular complexity index is 626. The van der Waals surface area contributed by atoms with Gasteiger partial charge in [0, 0.05) is 17.7 Å². The molecule has 2 heterocycles.